The van der Waals surface area contributed by atoms with Crippen molar-refractivity contribution in [1.29, 1.82) is 0 Å². The molecule has 0 heterocycles. The smallest absolute Gasteiger partial charge is 0.331 e. The van der Waals surface area contributed by atoms with Gasteiger partial charge in [-0.15, -0.1) is 0 Å². The second-order valence-corrected chi connectivity index (χ2v) is 9.96. The van der Waals surface area contributed by atoms with Crippen LogP contribution in [0, 0.1) is 5.92 Å². The molecule has 2 aliphatic rings. The van der Waals surface area contributed by atoms with Crippen LogP contribution >= 0.6 is 0 Å². The van der Waals surface area contributed by atoms with Crippen LogP contribution in [0.15, 0.2) is 60.2 Å². The summed E-state index contributed by atoms with van der Waals surface area (Å²) in [5.41, 5.74) is 5.95. The largest absolute Gasteiger partial charge is 0.478 e. The predicted octanol–water partition coefficient (Wildman–Crippen LogP) is 8.49. The fourth-order valence-electron chi connectivity index (χ4n) is 5.69. The summed E-state index contributed by atoms with van der Waals surface area (Å²) in [6.45, 7) is 2.29. The first-order chi connectivity index (χ1) is 15.6. The molecule has 0 aliphatic heterocycles. The zero-order chi connectivity index (χ0) is 22.3. The molecule has 1 atom stereocenters. The summed E-state index contributed by atoms with van der Waals surface area (Å²) >= 11 is 0. The molecule has 32 heavy (non-hydrogen) atoms. The van der Waals surface area contributed by atoms with E-state index in [4.69, 9.17) is 5.11 Å². The molecule has 0 spiro atoms. The van der Waals surface area contributed by atoms with Gasteiger partial charge in [0.25, 0.3) is 0 Å². The van der Waals surface area contributed by atoms with Crippen LogP contribution < -0.4 is 0 Å². The van der Waals surface area contributed by atoms with E-state index in [1.165, 1.54) is 73.6 Å². The van der Waals surface area contributed by atoms with Crippen molar-refractivity contribution in [2.24, 2.45) is 5.92 Å². The van der Waals surface area contributed by atoms with Crippen LogP contribution in [0.5, 0.6) is 0 Å². The fraction of sp³-hybridized carbons (Fsp3) is 0.500. The molecule has 1 fully saturated rings. The summed E-state index contributed by atoms with van der Waals surface area (Å²) in [6.07, 6.45) is 15.4. The van der Waals surface area contributed by atoms with Gasteiger partial charge in [-0.3, -0.25) is 0 Å². The van der Waals surface area contributed by atoms with E-state index in [1.54, 1.807) is 0 Å². The van der Waals surface area contributed by atoms with Crippen LogP contribution in [0.25, 0.3) is 11.1 Å². The third kappa shape index (κ3) is 5.71. The summed E-state index contributed by atoms with van der Waals surface area (Å²) in [5, 5.41) is 9.14. The Labute approximate surface area is 193 Å². The molecule has 1 N–H and O–H groups in total. The first kappa shape index (κ1) is 22.8. The minimum Gasteiger partial charge on any atom is -0.478 e. The van der Waals surface area contributed by atoms with Crippen LogP contribution in [0.4, 0.5) is 0 Å². The summed E-state index contributed by atoms with van der Waals surface area (Å²) < 4.78 is 0. The van der Waals surface area contributed by atoms with Crippen molar-refractivity contribution in [1.82, 2.24) is 0 Å². The van der Waals surface area contributed by atoms with Gasteiger partial charge >= 0.3 is 5.97 Å². The quantitative estimate of drug-likeness (QED) is 0.426. The molecule has 0 saturated heterocycles. The Morgan fingerprint density at radius 1 is 0.812 bits per heavy atom. The highest BCUT2D eigenvalue weighted by molar-refractivity contribution is 5.86. The molecule has 2 aromatic carbocycles. The molecule has 2 heteroatoms. The van der Waals surface area contributed by atoms with E-state index in [1.807, 2.05) is 6.08 Å². The maximum absolute atomic E-state index is 11.1. The number of unbranched alkanes of at least 4 members (excludes halogenated alkanes) is 2. The third-order valence-corrected chi connectivity index (χ3v) is 7.85. The average molecular weight is 431 g/mol. The number of aliphatic carboxylic acids is 1. The monoisotopic (exact) mass is 430 g/mol. The van der Waals surface area contributed by atoms with Gasteiger partial charge in [0.15, 0.2) is 0 Å². The SMILES string of the molecule is CCCCC[C@H]1CC[C@H](c2ccc(-c3ccc(C4CC=C(C(=O)O)CC4)cc3)cc2)CC1. The third-order valence-electron chi connectivity index (χ3n) is 7.85. The van der Waals surface area contributed by atoms with E-state index in [0.717, 1.165) is 24.7 Å². The molecule has 170 valence electrons. The molecule has 2 aliphatic carbocycles. The molecule has 0 bridgehead atoms. The summed E-state index contributed by atoms with van der Waals surface area (Å²) in [7, 11) is 0. The zero-order valence-corrected chi connectivity index (χ0v) is 19.6. The molecule has 0 aromatic heterocycles. The Kier molecular flexibility index (Phi) is 7.84. The van der Waals surface area contributed by atoms with E-state index >= 15 is 0 Å². The number of allylic oxidation sites excluding steroid dienone is 1. The number of hydrogen-bond donors (Lipinski definition) is 1. The highest BCUT2D eigenvalue weighted by atomic mass is 16.4. The van der Waals surface area contributed by atoms with Gasteiger partial charge in [-0.05, 0) is 85.0 Å². The van der Waals surface area contributed by atoms with E-state index in [9.17, 15) is 4.79 Å². The Morgan fingerprint density at radius 2 is 1.41 bits per heavy atom. The first-order valence-corrected chi connectivity index (χ1v) is 12.8. The van der Waals surface area contributed by atoms with Gasteiger partial charge in [0.2, 0.25) is 0 Å². The van der Waals surface area contributed by atoms with Crippen molar-refractivity contribution in [2.45, 2.75) is 89.4 Å². The van der Waals surface area contributed by atoms with Crippen LogP contribution in [-0.4, -0.2) is 11.1 Å². The van der Waals surface area contributed by atoms with Crippen LogP contribution in [-0.2, 0) is 4.79 Å². The van der Waals surface area contributed by atoms with Gasteiger partial charge in [0.05, 0.1) is 0 Å². The number of benzene rings is 2. The predicted molar refractivity (Wildman–Crippen MR) is 133 cm³/mol. The maximum atomic E-state index is 11.1. The van der Waals surface area contributed by atoms with Crippen molar-refractivity contribution in [3.05, 3.63) is 71.3 Å². The number of rotatable bonds is 8. The normalized spacial score (nSPS) is 23.5. The van der Waals surface area contributed by atoms with Crippen molar-refractivity contribution in [2.75, 3.05) is 0 Å². The highest BCUT2D eigenvalue weighted by Crippen LogP contribution is 2.38. The lowest BCUT2D eigenvalue weighted by Crippen LogP contribution is -2.13. The molecular formula is C30H38O2. The summed E-state index contributed by atoms with van der Waals surface area (Å²) in [6, 6.07) is 18.2. The lowest BCUT2D eigenvalue weighted by molar-refractivity contribution is -0.132. The van der Waals surface area contributed by atoms with Crippen LogP contribution in [0.1, 0.15) is 101 Å². The second kappa shape index (κ2) is 11.0. The number of carbonyl (C=O) groups is 1. The average Bonchev–Trinajstić information content (AvgIpc) is 2.85. The van der Waals surface area contributed by atoms with Crippen LogP contribution in [0.3, 0.4) is 0 Å². The standard InChI is InChI=1S/C30H38O2/c1-2-3-4-5-22-6-8-23(9-7-22)24-10-12-25(13-11-24)26-14-16-27(17-15-26)28-18-20-29(21-19-28)30(31)32/h10-17,20,22-23,28H,2-9,18-19,21H2,1H3,(H,31,32)/t22-,23-,28?. The number of hydrogen-bond acceptors (Lipinski definition) is 1. The Balaban J connectivity index is 1.32. The van der Waals surface area contributed by atoms with E-state index in [2.05, 4.69) is 55.5 Å². The van der Waals surface area contributed by atoms with Crippen molar-refractivity contribution in [3.8, 4) is 11.1 Å². The topological polar surface area (TPSA) is 37.3 Å². The van der Waals surface area contributed by atoms with Crippen molar-refractivity contribution < 1.29 is 9.90 Å². The Hall–Kier alpha value is -2.35. The molecule has 0 amide bonds. The molecule has 0 radical (unpaired) electrons. The van der Waals surface area contributed by atoms with E-state index < -0.39 is 5.97 Å². The fourth-order valence-corrected chi connectivity index (χ4v) is 5.69. The van der Waals surface area contributed by atoms with Gasteiger partial charge in [-0.25, -0.2) is 4.79 Å². The van der Waals surface area contributed by atoms with Gasteiger partial charge < -0.3 is 5.11 Å². The van der Waals surface area contributed by atoms with Crippen LogP contribution in [0.2, 0.25) is 0 Å². The molecule has 1 unspecified atom stereocenters. The Bertz CT molecular complexity index is 899. The minimum atomic E-state index is -0.762. The lowest BCUT2D eigenvalue weighted by Gasteiger charge is -2.29. The molecule has 1 saturated carbocycles. The number of carboxylic acid groups (broad SMARTS) is 1. The van der Waals surface area contributed by atoms with E-state index in [0.29, 0.717) is 17.9 Å². The molecular weight excluding hydrogens is 392 g/mol. The first-order valence-electron chi connectivity index (χ1n) is 12.8. The van der Waals surface area contributed by atoms with Crippen molar-refractivity contribution >= 4 is 5.97 Å². The number of carboxylic acids is 1. The zero-order valence-electron chi connectivity index (χ0n) is 19.6. The van der Waals surface area contributed by atoms with E-state index in [-0.39, 0.29) is 0 Å². The van der Waals surface area contributed by atoms with Gasteiger partial charge in [0, 0.05) is 5.57 Å². The molecule has 2 aromatic rings. The Morgan fingerprint density at radius 3 is 1.91 bits per heavy atom. The summed E-state index contributed by atoms with van der Waals surface area (Å²) in [4.78, 5) is 11.1. The van der Waals surface area contributed by atoms with Gasteiger partial charge in [-0.1, -0.05) is 87.2 Å². The maximum Gasteiger partial charge on any atom is 0.331 e. The summed E-state index contributed by atoms with van der Waals surface area (Å²) in [5.74, 6) is 1.38. The van der Waals surface area contributed by atoms with Gasteiger partial charge in [-0.2, -0.15) is 0 Å². The van der Waals surface area contributed by atoms with Gasteiger partial charge in [0.1, 0.15) is 0 Å². The second-order valence-electron chi connectivity index (χ2n) is 9.96. The lowest BCUT2D eigenvalue weighted by atomic mass is 9.77. The molecule has 2 nitrogen and oxygen atoms in total. The highest BCUT2D eigenvalue weighted by Gasteiger charge is 2.22. The minimum absolute atomic E-state index is 0.437. The molecule has 4 rings (SSSR count). The van der Waals surface area contributed by atoms with Crippen molar-refractivity contribution in [3.63, 3.8) is 0 Å².